The number of methoxy groups -OCH3 is 1. The number of aromatic nitrogens is 1. The predicted octanol–water partition coefficient (Wildman–Crippen LogP) is 3.05. The van der Waals surface area contributed by atoms with E-state index < -0.39 is 0 Å². The molecule has 0 aliphatic heterocycles. The minimum Gasteiger partial charge on any atom is -0.497 e. The Morgan fingerprint density at radius 1 is 1.48 bits per heavy atom. The Bertz CT molecular complexity index is 600. The zero-order chi connectivity index (χ0) is 14.4. The number of aryl methyl sites for hydroxylation is 1. The van der Waals surface area contributed by atoms with Crippen molar-refractivity contribution in [2.75, 3.05) is 19.0 Å². The van der Waals surface area contributed by atoms with E-state index in [1.165, 1.54) is 0 Å². The van der Waals surface area contributed by atoms with Gasteiger partial charge in [0.15, 0.2) is 5.96 Å². The third-order valence-electron chi connectivity index (χ3n) is 2.66. The average Bonchev–Trinajstić information content (AvgIpc) is 2.84. The van der Waals surface area contributed by atoms with E-state index in [1.807, 2.05) is 31.2 Å². The highest BCUT2D eigenvalue weighted by Crippen LogP contribution is 2.16. The van der Waals surface area contributed by atoms with Gasteiger partial charge in [-0.25, -0.2) is 4.98 Å². The van der Waals surface area contributed by atoms with Crippen molar-refractivity contribution in [3.8, 4) is 5.75 Å². The summed E-state index contributed by atoms with van der Waals surface area (Å²) in [6.45, 7) is 2.61. The summed E-state index contributed by atoms with van der Waals surface area (Å²) in [7, 11) is 1.63. The lowest BCUT2D eigenvalue weighted by atomic mass is 10.3. The molecule has 0 aliphatic carbocycles. The first kappa shape index (κ1) is 17.7. The number of aliphatic imine (C=N–C) groups is 1. The highest BCUT2D eigenvalue weighted by atomic mass is 127. The molecule has 3 N–H and O–H groups in total. The zero-order valence-electron chi connectivity index (χ0n) is 12.0. The third kappa shape index (κ3) is 5.88. The second kappa shape index (κ2) is 8.83. The van der Waals surface area contributed by atoms with Crippen LogP contribution in [-0.2, 0) is 6.42 Å². The fraction of sp³-hybridized carbons (Fsp3) is 0.286. The van der Waals surface area contributed by atoms with Gasteiger partial charge in [-0.2, -0.15) is 0 Å². The van der Waals surface area contributed by atoms with Gasteiger partial charge in [0, 0.05) is 30.1 Å². The molecule has 1 aromatic heterocycles. The van der Waals surface area contributed by atoms with Crippen LogP contribution in [0.5, 0.6) is 5.75 Å². The van der Waals surface area contributed by atoms with Gasteiger partial charge in [0.1, 0.15) is 5.75 Å². The van der Waals surface area contributed by atoms with E-state index in [-0.39, 0.29) is 24.0 Å². The lowest BCUT2D eigenvalue weighted by molar-refractivity contribution is 0.415. The van der Waals surface area contributed by atoms with E-state index in [0.29, 0.717) is 12.5 Å². The monoisotopic (exact) mass is 418 g/mol. The molecule has 1 aromatic carbocycles. The van der Waals surface area contributed by atoms with Gasteiger partial charge >= 0.3 is 0 Å². The topological polar surface area (TPSA) is 72.5 Å². The Kier molecular flexibility index (Phi) is 7.44. The van der Waals surface area contributed by atoms with Crippen LogP contribution in [0.4, 0.5) is 5.69 Å². The van der Waals surface area contributed by atoms with Gasteiger partial charge in [0.2, 0.25) is 0 Å². The molecule has 114 valence electrons. The summed E-state index contributed by atoms with van der Waals surface area (Å²) in [6, 6.07) is 7.55. The number of nitrogens with two attached hydrogens (primary N) is 1. The van der Waals surface area contributed by atoms with Crippen molar-refractivity contribution in [3.05, 3.63) is 40.3 Å². The summed E-state index contributed by atoms with van der Waals surface area (Å²) in [4.78, 5) is 8.67. The molecule has 0 atom stereocenters. The molecule has 0 bridgehead atoms. The molecule has 2 rings (SSSR count). The number of rotatable bonds is 5. The SMILES string of the molecule is COc1cccc(NC(N)=NCCc2csc(C)n2)c1.I. The maximum atomic E-state index is 5.85. The van der Waals surface area contributed by atoms with E-state index in [1.54, 1.807) is 18.4 Å². The number of thiazole rings is 1. The smallest absolute Gasteiger partial charge is 0.193 e. The van der Waals surface area contributed by atoms with Crippen molar-refractivity contribution in [3.63, 3.8) is 0 Å². The van der Waals surface area contributed by atoms with Gasteiger partial charge in [0.05, 0.1) is 17.8 Å². The number of hydrogen-bond acceptors (Lipinski definition) is 4. The summed E-state index contributed by atoms with van der Waals surface area (Å²) >= 11 is 1.65. The minimum absolute atomic E-state index is 0. The summed E-state index contributed by atoms with van der Waals surface area (Å²) < 4.78 is 5.15. The van der Waals surface area contributed by atoms with Gasteiger partial charge in [0.25, 0.3) is 0 Å². The molecule has 1 heterocycles. The number of hydrogen-bond donors (Lipinski definition) is 2. The van der Waals surface area contributed by atoms with Crippen LogP contribution >= 0.6 is 35.3 Å². The van der Waals surface area contributed by atoms with E-state index in [9.17, 15) is 0 Å². The largest absolute Gasteiger partial charge is 0.497 e. The molecule has 0 fully saturated rings. The predicted molar refractivity (Wildman–Crippen MR) is 99.1 cm³/mol. The van der Waals surface area contributed by atoms with E-state index >= 15 is 0 Å². The Labute approximate surface area is 145 Å². The van der Waals surface area contributed by atoms with Gasteiger partial charge in [-0.15, -0.1) is 35.3 Å². The first-order valence-electron chi connectivity index (χ1n) is 6.29. The van der Waals surface area contributed by atoms with Gasteiger partial charge in [-0.05, 0) is 19.1 Å². The molecule has 0 spiro atoms. The van der Waals surface area contributed by atoms with Gasteiger partial charge < -0.3 is 15.8 Å². The first-order valence-corrected chi connectivity index (χ1v) is 7.17. The van der Waals surface area contributed by atoms with Crippen LogP contribution < -0.4 is 15.8 Å². The molecule has 0 radical (unpaired) electrons. The van der Waals surface area contributed by atoms with E-state index in [4.69, 9.17) is 10.5 Å². The molecule has 0 aliphatic rings. The summed E-state index contributed by atoms with van der Waals surface area (Å²) in [6.07, 6.45) is 0.796. The molecule has 2 aromatic rings. The minimum atomic E-state index is 0. The van der Waals surface area contributed by atoms with Crippen molar-refractivity contribution in [1.82, 2.24) is 4.98 Å². The molecular formula is C14H19IN4OS. The Morgan fingerprint density at radius 2 is 2.29 bits per heavy atom. The van der Waals surface area contributed by atoms with Crippen molar-refractivity contribution in [1.29, 1.82) is 0 Å². The highest BCUT2D eigenvalue weighted by Gasteiger charge is 1.99. The van der Waals surface area contributed by atoms with Crippen LogP contribution in [-0.4, -0.2) is 24.6 Å². The molecule has 0 saturated heterocycles. The Balaban J connectivity index is 0.00000220. The Morgan fingerprint density at radius 3 is 2.95 bits per heavy atom. The molecule has 21 heavy (non-hydrogen) atoms. The number of anilines is 1. The second-order valence-corrected chi connectivity index (χ2v) is 5.29. The van der Waals surface area contributed by atoms with E-state index in [2.05, 4.69) is 20.7 Å². The molecule has 0 saturated carbocycles. The van der Waals surface area contributed by atoms with Crippen molar-refractivity contribution < 1.29 is 4.74 Å². The van der Waals surface area contributed by atoms with Gasteiger partial charge in [-0.3, -0.25) is 4.99 Å². The fourth-order valence-electron chi connectivity index (χ4n) is 1.70. The maximum Gasteiger partial charge on any atom is 0.193 e. The van der Waals surface area contributed by atoms with Crippen molar-refractivity contribution in [2.45, 2.75) is 13.3 Å². The summed E-state index contributed by atoms with van der Waals surface area (Å²) in [5.74, 6) is 1.17. The maximum absolute atomic E-state index is 5.85. The molecule has 0 amide bonds. The van der Waals surface area contributed by atoms with E-state index in [0.717, 1.165) is 28.6 Å². The van der Waals surface area contributed by atoms with Gasteiger partial charge in [-0.1, -0.05) is 6.07 Å². The van der Waals surface area contributed by atoms with Crippen molar-refractivity contribution >= 4 is 47.0 Å². The standard InChI is InChI=1S/C14H18N4OS.HI/c1-10-17-12(9-20-10)6-7-16-14(15)18-11-4-3-5-13(8-11)19-2;/h3-5,8-9H,6-7H2,1-2H3,(H3,15,16,18);1H. The highest BCUT2D eigenvalue weighted by molar-refractivity contribution is 14.0. The summed E-state index contributed by atoms with van der Waals surface area (Å²) in [5, 5.41) is 6.17. The van der Waals surface area contributed by atoms with Crippen LogP contribution in [0.2, 0.25) is 0 Å². The molecule has 5 nitrogen and oxygen atoms in total. The number of guanidine groups is 1. The number of ether oxygens (including phenoxy) is 1. The first-order chi connectivity index (χ1) is 9.67. The number of halogens is 1. The molecule has 7 heteroatoms. The number of nitrogens with zero attached hydrogens (tertiary/aromatic N) is 2. The van der Waals surface area contributed by atoms with Crippen LogP contribution in [0.3, 0.4) is 0 Å². The van der Waals surface area contributed by atoms with Crippen LogP contribution in [0.1, 0.15) is 10.7 Å². The number of nitrogens with one attached hydrogen (secondary N) is 1. The lowest BCUT2D eigenvalue weighted by Gasteiger charge is -2.07. The molecule has 0 unspecified atom stereocenters. The van der Waals surface area contributed by atoms with Crippen LogP contribution in [0.25, 0.3) is 0 Å². The normalized spacial score (nSPS) is 10.9. The zero-order valence-corrected chi connectivity index (χ0v) is 15.1. The quantitative estimate of drug-likeness (QED) is 0.445. The summed E-state index contributed by atoms with van der Waals surface area (Å²) in [5.41, 5.74) is 7.76. The molecular weight excluding hydrogens is 399 g/mol. The van der Waals surface area contributed by atoms with Crippen molar-refractivity contribution in [2.24, 2.45) is 10.7 Å². The van der Waals surface area contributed by atoms with Crippen LogP contribution in [0, 0.1) is 6.92 Å². The Hall–Kier alpha value is -1.35. The lowest BCUT2D eigenvalue weighted by Crippen LogP contribution is -2.23. The second-order valence-electron chi connectivity index (χ2n) is 4.23. The van der Waals surface area contributed by atoms with Crippen LogP contribution in [0.15, 0.2) is 34.6 Å². The number of benzene rings is 1. The third-order valence-corrected chi connectivity index (χ3v) is 3.48. The average molecular weight is 418 g/mol. The fourth-order valence-corrected chi connectivity index (χ4v) is 2.35.